The van der Waals surface area contributed by atoms with E-state index in [0.717, 1.165) is 38.8 Å². The summed E-state index contributed by atoms with van der Waals surface area (Å²) in [5.41, 5.74) is 2.24. The van der Waals surface area contributed by atoms with Crippen molar-refractivity contribution in [1.29, 1.82) is 0 Å². The molecule has 12 nitrogen and oxygen atoms in total. The highest BCUT2D eigenvalue weighted by Gasteiger charge is 2.24. The van der Waals surface area contributed by atoms with Crippen LogP contribution < -0.4 is 14.9 Å². The van der Waals surface area contributed by atoms with Gasteiger partial charge in [0.05, 0.1) is 15.3 Å². The van der Waals surface area contributed by atoms with E-state index in [1.54, 1.807) is 30.8 Å². The van der Waals surface area contributed by atoms with E-state index in [-0.39, 0.29) is 17.2 Å². The monoisotopic (exact) mass is 710 g/mol. The number of carbonyl (C=O) groups excluding carboxylic acids is 2. The first-order valence-electron chi connectivity index (χ1n) is 15.9. The van der Waals surface area contributed by atoms with Gasteiger partial charge in [0.1, 0.15) is 11.5 Å². The van der Waals surface area contributed by atoms with Crippen molar-refractivity contribution >= 4 is 61.7 Å². The number of anilines is 2. The van der Waals surface area contributed by atoms with Gasteiger partial charge in [-0.05, 0) is 54.1 Å². The molecule has 1 saturated heterocycles. The molecule has 256 valence electrons. The number of hydrogen-bond donors (Lipinski definition) is 2. The second kappa shape index (κ2) is 15.0. The maximum Gasteiger partial charge on any atom is 0.293 e. The predicted octanol–water partition coefficient (Wildman–Crippen LogP) is 5.80. The Morgan fingerprint density at radius 2 is 1.64 bits per heavy atom. The van der Waals surface area contributed by atoms with Gasteiger partial charge in [0.2, 0.25) is 5.91 Å². The van der Waals surface area contributed by atoms with Gasteiger partial charge in [0.25, 0.3) is 21.6 Å². The molecule has 6 rings (SSSR count). The number of nitro groups is 1. The lowest BCUT2D eigenvalue weighted by atomic mass is 10.0. The number of pyridine rings is 1. The third-order valence-corrected chi connectivity index (χ3v) is 10.7. The van der Waals surface area contributed by atoms with Crippen molar-refractivity contribution in [3.63, 3.8) is 0 Å². The summed E-state index contributed by atoms with van der Waals surface area (Å²) < 4.78 is 28.3. The standard InChI is InChI=1S/C36H34N6O6S2/c1-25(43)40-19-21-41(22-20-40)34-17-14-27-6-5-9-31(35(27)38-34)26-10-12-28(13-11-26)36(44)39-50(47,48)30-15-16-32(33(24-30)42(45)46)37-18-23-49-29-7-3-2-4-8-29/h2-17,24,37H,18-23H2,1H3,(H,39,44). The van der Waals surface area contributed by atoms with Crippen LogP contribution in [0.4, 0.5) is 17.2 Å². The number of benzene rings is 4. The maximum atomic E-state index is 13.2. The number of thioether (sulfide) groups is 1. The number of hydrogen-bond acceptors (Lipinski definition) is 10. The Bertz CT molecular complexity index is 2160. The van der Waals surface area contributed by atoms with E-state index in [4.69, 9.17) is 4.98 Å². The molecule has 50 heavy (non-hydrogen) atoms. The van der Waals surface area contributed by atoms with E-state index < -0.39 is 31.4 Å². The van der Waals surface area contributed by atoms with Crippen molar-refractivity contribution in [2.45, 2.75) is 16.7 Å². The summed E-state index contributed by atoms with van der Waals surface area (Å²) in [6.07, 6.45) is 0. The van der Waals surface area contributed by atoms with Crippen LogP contribution in [0.15, 0.2) is 113 Å². The minimum absolute atomic E-state index is 0.0592. The van der Waals surface area contributed by atoms with Gasteiger partial charge in [-0.15, -0.1) is 11.8 Å². The number of nitrogens with one attached hydrogen (secondary N) is 2. The number of para-hydroxylation sites is 1. The topological polar surface area (TPSA) is 155 Å². The van der Waals surface area contributed by atoms with Crippen LogP contribution in [0.25, 0.3) is 22.0 Å². The molecule has 2 heterocycles. The molecular formula is C36H34N6O6S2. The van der Waals surface area contributed by atoms with E-state index in [0.29, 0.717) is 38.5 Å². The molecule has 0 spiro atoms. The summed E-state index contributed by atoms with van der Waals surface area (Å²) >= 11 is 1.58. The molecule has 0 radical (unpaired) electrons. The first-order chi connectivity index (χ1) is 24.1. The molecule has 0 aliphatic carbocycles. The molecule has 2 amide bonds. The number of nitro benzene ring substituents is 1. The Morgan fingerprint density at radius 1 is 0.900 bits per heavy atom. The molecule has 1 aromatic heterocycles. The van der Waals surface area contributed by atoms with E-state index >= 15 is 0 Å². The maximum absolute atomic E-state index is 13.2. The number of amides is 2. The van der Waals surface area contributed by atoms with E-state index in [9.17, 15) is 28.1 Å². The third kappa shape index (κ3) is 7.87. The first kappa shape index (κ1) is 34.4. The molecule has 2 N–H and O–H groups in total. The van der Waals surface area contributed by atoms with Crippen LogP contribution in [0.3, 0.4) is 0 Å². The quantitative estimate of drug-likeness (QED) is 0.0744. The number of nitrogens with zero attached hydrogens (tertiary/aromatic N) is 4. The second-order valence-electron chi connectivity index (χ2n) is 11.6. The van der Waals surface area contributed by atoms with Crippen LogP contribution in [-0.4, -0.2) is 73.5 Å². The lowest BCUT2D eigenvalue weighted by molar-refractivity contribution is -0.384. The number of fused-ring (bicyclic) bond motifs is 1. The lowest BCUT2D eigenvalue weighted by Crippen LogP contribution is -2.48. The van der Waals surface area contributed by atoms with E-state index in [1.165, 1.54) is 24.3 Å². The van der Waals surface area contributed by atoms with Gasteiger partial charge in [-0.3, -0.25) is 19.7 Å². The first-order valence-corrected chi connectivity index (χ1v) is 18.3. The average molecular weight is 711 g/mol. The Kier molecular flexibility index (Phi) is 10.3. The Hall–Kier alpha value is -5.47. The number of piperazine rings is 1. The van der Waals surface area contributed by atoms with Crippen LogP contribution >= 0.6 is 11.8 Å². The molecular weight excluding hydrogens is 677 g/mol. The Labute approximate surface area is 293 Å². The number of rotatable bonds is 11. The van der Waals surface area contributed by atoms with Gasteiger partial charge in [-0.25, -0.2) is 18.1 Å². The minimum atomic E-state index is -4.43. The van der Waals surface area contributed by atoms with Crippen LogP contribution in [0.1, 0.15) is 17.3 Å². The highest BCUT2D eigenvalue weighted by molar-refractivity contribution is 7.99. The lowest BCUT2D eigenvalue weighted by Gasteiger charge is -2.35. The molecule has 0 bridgehead atoms. The second-order valence-corrected chi connectivity index (χ2v) is 14.4. The van der Waals surface area contributed by atoms with E-state index in [2.05, 4.69) is 10.2 Å². The summed E-state index contributed by atoms with van der Waals surface area (Å²) in [5, 5.41) is 15.8. The fraction of sp³-hybridized carbons (Fsp3) is 0.194. The van der Waals surface area contributed by atoms with Crippen LogP contribution in [0.2, 0.25) is 0 Å². The smallest absolute Gasteiger partial charge is 0.293 e. The fourth-order valence-corrected chi connectivity index (χ4v) is 7.47. The summed E-state index contributed by atoms with van der Waals surface area (Å²) in [7, 11) is -4.43. The van der Waals surface area contributed by atoms with Crippen molar-refractivity contribution in [3.8, 4) is 11.1 Å². The average Bonchev–Trinajstić information content (AvgIpc) is 3.13. The van der Waals surface area contributed by atoms with Crippen LogP contribution in [-0.2, 0) is 14.8 Å². The van der Waals surface area contributed by atoms with Gasteiger partial charge in [0, 0.05) is 72.9 Å². The summed E-state index contributed by atoms with van der Waals surface area (Å²) in [5.74, 6) is 0.626. The highest BCUT2D eigenvalue weighted by atomic mass is 32.2. The zero-order chi connectivity index (χ0) is 35.3. The summed E-state index contributed by atoms with van der Waals surface area (Å²) in [6.45, 7) is 4.60. The molecule has 5 aromatic rings. The molecule has 1 fully saturated rings. The molecule has 1 aliphatic heterocycles. The fourth-order valence-electron chi connectivity index (χ4n) is 5.69. The number of sulfonamides is 1. The van der Waals surface area contributed by atoms with Gasteiger partial charge in [0.15, 0.2) is 0 Å². The van der Waals surface area contributed by atoms with Crippen molar-refractivity contribution < 1.29 is 22.9 Å². The van der Waals surface area contributed by atoms with Crippen LogP contribution in [0.5, 0.6) is 0 Å². The zero-order valence-corrected chi connectivity index (χ0v) is 28.7. The highest BCUT2D eigenvalue weighted by Crippen LogP contribution is 2.31. The van der Waals surface area contributed by atoms with Crippen molar-refractivity contribution in [3.05, 3.63) is 119 Å². The molecule has 4 aromatic carbocycles. The summed E-state index contributed by atoms with van der Waals surface area (Å²) in [4.78, 5) is 45.6. The number of carbonyl (C=O) groups is 2. The van der Waals surface area contributed by atoms with Crippen LogP contribution in [0, 0.1) is 10.1 Å². The Balaban J connectivity index is 1.14. The van der Waals surface area contributed by atoms with Gasteiger partial charge in [-0.2, -0.15) is 0 Å². The molecule has 1 aliphatic rings. The van der Waals surface area contributed by atoms with E-state index in [1.807, 2.05) is 70.3 Å². The van der Waals surface area contributed by atoms with Crippen molar-refractivity contribution in [2.24, 2.45) is 0 Å². The largest absolute Gasteiger partial charge is 0.379 e. The summed E-state index contributed by atoms with van der Waals surface area (Å²) in [6, 6.07) is 29.5. The van der Waals surface area contributed by atoms with Crippen molar-refractivity contribution in [2.75, 3.05) is 48.7 Å². The van der Waals surface area contributed by atoms with Crippen molar-refractivity contribution in [1.82, 2.24) is 14.6 Å². The van der Waals surface area contributed by atoms with Gasteiger partial charge >= 0.3 is 0 Å². The van der Waals surface area contributed by atoms with Gasteiger partial charge < -0.3 is 15.1 Å². The van der Waals surface area contributed by atoms with Gasteiger partial charge in [-0.1, -0.05) is 48.5 Å². The molecule has 0 atom stereocenters. The molecule has 14 heteroatoms. The molecule has 0 unspecified atom stereocenters. The normalized spacial score (nSPS) is 13.2. The number of aromatic nitrogens is 1. The SMILES string of the molecule is CC(=O)N1CCN(c2ccc3cccc(-c4ccc(C(=O)NS(=O)(=O)c5ccc(NCCSc6ccccc6)c([N+](=O)[O-])c5)cc4)c3n2)CC1. The predicted molar refractivity (Wildman–Crippen MR) is 195 cm³/mol. The minimum Gasteiger partial charge on any atom is -0.379 e. The zero-order valence-electron chi connectivity index (χ0n) is 27.1. The Morgan fingerprint density at radius 3 is 2.34 bits per heavy atom. The third-order valence-electron chi connectivity index (χ3n) is 8.35. The molecule has 0 saturated carbocycles.